The second-order valence-electron chi connectivity index (χ2n) is 9.90. The molecular formula is C29H32FN3O5. The number of ether oxygens (including phenoxy) is 1. The van der Waals surface area contributed by atoms with Gasteiger partial charge in [0.1, 0.15) is 35.3 Å². The number of benzene rings is 2. The lowest BCUT2D eigenvalue weighted by Gasteiger charge is -2.21. The summed E-state index contributed by atoms with van der Waals surface area (Å²) in [6, 6.07) is 15.1. The number of nitrogens with zero attached hydrogens (tertiary/aromatic N) is 1. The third kappa shape index (κ3) is 7.36. The van der Waals surface area contributed by atoms with Crippen molar-refractivity contribution in [2.24, 2.45) is 11.8 Å². The molecule has 0 saturated heterocycles. The molecule has 0 spiro atoms. The number of nitrogens with one attached hydrogen (secondary N) is 2. The van der Waals surface area contributed by atoms with Crippen LogP contribution in [0.3, 0.4) is 0 Å². The predicted octanol–water partition coefficient (Wildman–Crippen LogP) is 4.59. The lowest BCUT2D eigenvalue weighted by molar-refractivity contribution is -0.127. The van der Waals surface area contributed by atoms with Crippen LogP contribution in [0.1, 0.15) is 44.8 Å². The van der Waals surface area contributed by atoms with E-state index in [-0.39, 0.29) is 29.4 Å². The Labute approximate surface area is 220 Å². The molecule has 1 fully saturated rings. The summed E-state index contributed by atoms with van der Waals surface area (Å²) in [7, 11) is 0. The molecule has 200 valence electrons. The van der Waals surface area contributed by atoms with Crippen molar-refractivity contribution in [3.05, 3.63) is 72.0 Å². The molecule has 2 aromatic carbocycles. The fraction of sp³-hybridized carbons (Fsp3) is 0.345. The molecule has 1 saturated carbocycles. The van der Waals surface area contributed by atoms with Gasteiger partial charge in [0.05, 0.1) is 12.3 Å². The molecule has 3 aromatic rings. The van der Waals surface area contributed by atoms with Gasteiger partial charge in [-0.1, -0.05) is 13.8 Å². The van der Waals surface area contributed by atoms with E-state index in [0.717, 1.165) is 12.8 Å². The summed E-state index contributed by atoms with van der Waals surface area (Å²) in [5, 5.41) is 25.5. The maximum absolute atomic E-state index is 13.1. The van der Waals surface area contributed by atoms with Gasteiger partial charge in [0.25, 0.3) is 0 Å². The van der Waals surface area contributed by atoms with Crippen LogP contribution >= 0.6 is 0 Å². The number of aliphatic hydroxyl groups is 2. The van der Waals surface area contributed by atoms with Crippen LogP contribution in [0, 0.1) is 17.7 Å². The first kappa shape index (κ1) is 27.2. The van der Waals surface area contributed by atoms with Crippen LogP contribution < -0.4 is 15.4 Å². The number of hydrogen-bond acceptors (Lipinski definition) is 6. The Morgan fingerprint density at radius 3 is 2.26 bits per heavy atom. The number of pyridine rings is 1. The van der Waals surface area contributed by atoms with E-state index < -0.39 is 24.7 Å². The van der Waals surface area contributed by atoms with Gasteiger partial charge in [-0.15, -0.1) is 0 Å². The molecular weight excluding hydrogens is 489 g/mol. The first-order valence-corrected chi connectivity index (χ1v) is 12.7. The van der Waals surface area contributed by atoms with Crippen LogP contribution in [-0.2, 0) is 9.59 Å². The first-order valence-electron chi connectivity index (χ1n) is 12.7. The largest absolute Gasteiger partial charge is 0.457 e. The Bertz CT molecular complexity index is 1260. The van der Waals surface area contributed by atoms with E-state index in [2.05, 4.69) is 15.6 Å². The number of hydrogen-bond donors (Lipinski definition) is 4. The molecule has 1 heterocycles. The molecule has 0 aliphatic heterocycles. The minimum absolute atomic E-state index is 0.0276. The van der Waals surface area contributed by atoms with Gasteiger partial charge in [-0.05, 0) is 91.4 Å². The summed E-state index contributed by atoms with van der Waals surface area (Å²) >= 11 is 0. The third-order valence-corrected chi connectivity index (χ3v) is 6.14. The molecule has 9 heteroatoms. The average molecular weight is 522 g/mol. The van der Waals surface area contributed by atoms with Gasteiger partial charge in [-0.25, -0.2) is 9.37 Å². The highest BCUT2D eigenvalue weighted by atomic mass is 19.1. The maximum Gasteiger partial charge on any atom is 0.248 e. The number of halogens is 1. The summed E-state index contributed by atoms with van der Waals surface area (Å²) < 4.78 is 18.9. The number of aliphatic hydroxyl groups excluding tert-OH is 2. The van der Waals surface area contributed by atoms with Crippen molar-refractivity contribution in [1.29, 1.82) is 0 Å². The quantitative estimate of drug-likeness (QED) is 0.293. The molecule has 2 atom stereocenters. The highest BCUT2D eigenvalue weighted by molar-refractivity contribution is 5.97. The first-order chi connectivity index (χ1) is 18.2. The monoisotopic (exact) mass is 521 g/mol. The SMILES string of the molecule is CC(C)CC(NC(=O)C1CC1)C(=O)Nc1cc([C@H](O)CO)cc(-c2ccc(Oc3ccc(F)cc3)cc2)n1. The minimum atomic E-state index is -1.17. The van der Waals surface area contributed by atoms with Crippen molar-refractivity contribution in [2.45, 2.75) is 45.3 Å². The zero-order valence-electron chi connectivity index (χ0n) is 21.4. The average Bonchev–Trinajstić information content (AvgIpc) is 3.75. The van der Waals surface area contributed by atoms with Crippen molar-refractivity contribution in [3.8, 4) is 22.8 Å². The van der Waals surface area contributed by atoms with Crippen molar-refractivity contribution in [1.82, 2.24) is 10.3 Å². The van der Waals surface area contributed by atoms with E-state index in [1.807, 2.05) is 13.8 Å². The van der Waals surface area contributed by atoms with Gasteiger partial charge in [-0.3, -0.25) is 9.59 Å². The molecule has 8 nitrogen and oxygen atoms in total. The number of aromatic nitrogens is 1. The maximum atomic E-state index is 13.1. The standard InChI is InChI=1S/C29H32FN3O5/c1-17(2)13-25(32-28(36)19-3-4-19)29(37)33-27-15-20(26(35)16-34)14-24(31-27)18-5-9-22(10-6-18)38-23-11-7-21(30)8-12-23/h5-12,14-15,17,19,25-26,34-35H,3-4,13,16H2,1-2H3,(H,32,36)(H,31,33,37)/t25?,26-/m1/s1. The number of carbonyl (C=O) groups excluding carboxylic acids is 2. The molecule has 1 aliphatic carbocycles. The number of amides is 2. The van der Waals surface area contributed by atoms with Crippen molar-refractivity contribution < 1.29 is 28.9 Å². The molecule has 4 rings (SSSR count). The van der Waals surface area contributed by atoms with Crippen LogP contribution in [0.4, 0.5) is 10.2 Å². The zero-order chi connectivity index (χ0) is 27.2. The second-order valence-corrected chi connectivity index (χ2v) is 9.90. The minimum Gasteiger partial charge on any atom is -0.457 e. The number of carbonyl (C=O) groups is 2. The van der Waals surface area contributed by atoms with E-state index in [1.165, 1.54) is 30.3 Å². The van der Waals surface area contributed by atoms with Crippen molar-refractivity contribution in [2.75, 3.05) is 11.9 Å². The van der Waals surface area contributed by atoms with Crippen LogP contribution in [0.15, 0.2) is 60.7 Å². The van der Waals surface area contributed by atoms with E-state index in [9.17, 15) is 24.2 Å². The second kappa shape index (κ2) is 12.1. The third-order valence-electron chi connectivity index (χ3n) is 6.14. The molecule has 1 aliphatic rings. The molecule has 4 N–H and O–H groups in total. The Kier molecular flexibility index (Phi) is 8.70. The Morgan fingerprint density at radius 2 is 1.68 bits per heavy atom. The number of anilines is 1. The van der Waals surface area contributed by atoms with Crippen LogP contribution in [0.2, 0.25) is 0 Å². The van der Waals surface area contributed by atoms with Gasteiger partial charge in [0, 0.05) is 11.5 Å². The van der Waals surface area contributed by atoms with Crippen LogP contribution in [0.5, 0.6) is 11.5 Å². The summed E-state index contributed by atoms with van der Waals surface area (Å²) in [6.45, 7) is 3.44. The Morgan fingerprint density at radius 1 is 1.05 bits per heavy atom. The summed E-state index contributed by atoms with van der Waals surface area (Å²) in [4.78, 5) is 30.0. The fourth-order valence-corrected chi connectivity index (χ4v) is 3.95. The van der Waals surface area contributed by atoms with Crippen molar-refractivity contribution in [3.63, 3.8) is 0 Å². The molecule has 0 bridgehead atoms. The van der Waals surface area contributed by atoms with Crippen LogP contribution in [-0.4, -0.2) is 39.7 Å². The van der Waals surface area contributed by atoms with E-state index in [0.29, 0.717) is 34.7 Å². The topological polar surface area (TPSA) is 121 Å². The lowest BCUT2D eigenvalue weighted by Crippen LogP contribution is -2.45. The van der Waals surface area contributed by atoms with Crippen LogP contribution in [0.25, 0.3) is 11.3 Å². The smallest absolute Gasteiger partial charge is 0.248 e. The van der Waals surface area contributed by atoms with Gasteiger partial charge in [-0.2, -0.15) is 0 Å². The van der Waals surface area contributed by atoms with E-state index in [1.54, 1.807) is 30.3 Å². The lowest BCUT2D eigenvalue weighted by atomic mass is 10.0. The zero-order valence-corrected chi connectivity index (χ0v) is 21.4. The molecule has 1 unspecified atom stereocenters. The van der Waals surface area contributed by atoms with Gasteiger partial charge >= 0.3 is 0 Å². The van der Waals surface area contributed by atoms with Gasteiger partial charge < -0.3 is 25.6 Å². The van der Waals surface area contributed by atoms with Gasteiger partial charge in [0.15, 0.2) is 0 Å². The normalized spacial score (nSPS) is 14.6. The number of rotatable bonds is 11. The molecule has 0 radical (unpaired) electrons. The molecule has 2 amide bonds. The van der Waals surface area contributed by atoms with Gasteiger partial charge in [0.2, 0.25) is 11.8 Å². The molecule has 1 aromatic heterocycles. The van der Waals surface area contributed by atoms with E-state index >= 15 is 0 Å². The summed E-state index contributed by atoms with van der Waals surface area (Å²) in [5.41, 5.74) is 1.52. The Hall–Kier alpha value is -3.82. The highest BCUT2D eigenvalue weighted by Crippen LogP contribution is 2.30. The summed E-state index contributed by atoms with van der Waals surface area (Å²) in [5.74, 6) is 0.482. The molecule has 38 heavy (non-hydrogen) atoms. The van der Waals surface area contributed by atoms with E-state index in [4.69, 9.17) is 4.74 Å². The predicted molar refractivity (Wildman–Crippen MR) is 141 cm³/mol. The Balaban J connectivity index is 1.55. The highest BCUT2D eigenvalue weighted by Gasteiger charge is 2.33. The fourth-order valence-electron chi connectivity index (χ4n) is 3.95. The summed E-state index contributed by atoms with van der Waals surface area (Å²) in [6.07, 6.45) is 0.962. The van der Waals surface area contributed by atoms with Crippen molar-refractivity contribution >= 4 is 17.6 Å².